The molecule has 0 spiro atoms. The second kappa shape index (κ2) is 4.96. The summed E-state index contributed by atoms with van der Waals surface area (Å²) in [5.41, 5.74) is 4.46. The van der Waals surface area contributed by atoms with Crippen LogP contribution in [0.4, 0.5) is 0 Å². The van der Waals surface area contributed by atoms with E-state index in [2.05, 4.69) is 76.0 Å². The average Bonchev–Trinajstić information content (AvgIpc) is 3.22. The molecule has 1 nitrogen and oxygen atoms in total. The zero-order valence-corrected chi connectivity index (χ0v) is 15.1. The van der Waals surface area contributed by atoms with Crippen molar-refractivity contribution in [3.8, 4) is 0 Å². The summed E-state index contributed by atoms with van der Waals surface area (Å²) in [5, 5.41) is 6.07. The van der Waals surface area contributed by atoms with Crippen molar-refractivity contribution < 1.29 is 0 Å². The molecule has 2 unspecified atom stereocenters. The van der Waals surface area contributed by atoms with Gasteiger partial charge in [-0.25, -0.2) is 0 Å². The molecule has 3 rings (SSSR count). The number of hydrogen-bond donors (Lipinski definition) is 1. The summed E-state index contributed by atoms with van der Waals surface area (Å²) in [5.74, 6) is 0. The van der Waals surface area contributed by atoms with Crippen molar-refractivity contribution in [3.63, 3.8) is 0 Å². The molecule has 112 valence electrons. The van der Waals surface area contributed by atoms with Crippen molar-refractivity contribution >= 4 is 14.0 Å². The molecule has 0 bridgehead atoms. The van der Waals surface area contributed by atoms with E-state index in [1.54, 1.807) is 5.19 Å². The zero-order chi connectivity index (χ0) is 15.3. The van der Waals surface area contributed by atoms with Gasteiger partial charge in [0.2, 0.25) is 0 Å². The maximum Gasteiger partial charge on any atom is 0.0901 e. The summed E-state index contributed by atoms with van der Waals surface area (Å²) in [6, 6.07) is 11.1. The Labute approximate surface area is 130 Å². The summed E-state index contributed by atoms with van der Waals surface area (Å²) >= 11 is 0. The highest BCUT2D eigenvalue weighted by molar-refractivity contribution is 6.75. The lowest BCUT2D eigenvalue weighted by Crippen LogP contribution is -2.58. The summed E-state index contributed by atoms with van der Waals surface area (Å²) < 4.78 is 0. The summed E-state index contributed by atoms with van der Waals surface area (Å²) in [7, 11) is -0.989. The molecule has 1 aromatic carbocycles. The van der Waals surface area contributed by atoms with Crippen LogP contribution in [-0.4, -0.2) is 19.5 Å². The first-order chi connectivity index (χ1) is 9.88. The Bertz CT molecular complexity index is 610. The van der Waals surface area contributed by atoms with Gasteiger partial charge < -0.3 is 5.32 Å². The summed E-state index contributed by atoms with van der Waals surface area (Å²) in [6.45, 7) is 11.7. The Kier molecular flexibility index (Phi) is 3.50. The zero-order valence-electron chi connectivity index (χ0n) is 14.0. The molecule has 2 heteroatoms. The highest BCUT2D eigenvalue weighted by atomic mass is 28.3. The fourth-order valence-corrected chi connectivity index (χ4v) is 6.81. The van der Waals surface area contributed by atoms with E-state index in [0.29, 0.717) is 5.16 Å². The average molecular weight is 298 g/mol. The normalized spacial score (nSPS) is 28.5. The molecule has 0 aliphatic heterocycles. The van der Waals surface area contributed by atoms with E-state index in [1.807, 2.05) is 0 Å². The van der Waals surface area contributed by atoms with Crippen molar-refractivity contribution in [2.24, 2.45) is 0 Å². The summed E-state index contributed by atoms with van der Waals surface area (Å²) in [6.07, 6.45) is 5.11. The number of rotatable bonds is 4. The molecule has 0 aromatic heterocycles. The Balaban J connectivity index is 1.86. The van der Waals surface area contributed by atoms with E-state index in [0.717, 1.165) is 0 Å². The second-order valence-electron chi connectivity index (χ2n) is 7.19. The Morgan fingerprint density at radius 1 is 1.05 bits per heavy atom. The van der Waals surface area contributed by atoms with Gasteiger partial charge in [0.25, 0.3) is 0 Å². The SMILES string of the molecule is CC1=CC(C)(NC2([SiH](C)c3ccccc3)CC2)C(C)=C1C. The van der Waals surface area contributed by atoms with E-state index in [1.165, 1.54) is 29.6 Å². The number of nitrogens with one attached hydrogen (secondary N) is 1. The monoisotopic (exact) mass is 297 g/mol. The first-order valence-electron chi connectivity index (χ1n) is 8.10. The van der Waals surface area contributed by atoms with Gasteiger partial charge in [-0.2, -0.15) is 0 Å². The van der Waals surface area contributed by atoms with Crippen molar-refractivity contribution in [2.45, 2.75) is 57.8 Å². The predicted molar refractivity (Wildman–Crippen MR) is 94.7 cm³/mol. The van der Waals surface area contributed by atoms with E-state index in [-0.39, 0.29) is 5.54 Å². The van der Waals surface area contributed by atoms with Gasteiger partial charge in [-0.15, -0.1) is 0 Å². The van der Waals surface area contributed by atoms with Crippen LogP contribution in [-0.2, 0) is 0 Å². The molecule has 2 aliphatic carbocycles. The van der Waals surface area contributed by atoms with Crippen LogP contribution < -0.4 is 10.5 Å². The van der Waals surface area contributed by atoms with Crippen LogP contribution in [0, 0.1) is 0 Å². The highest BCUT2D eigenvalue weighted by Crippen LogP contribution is 2.43. The van der Waals surface area contributed by atoms with Crippen LogP contribution in [0.1, 0.15) is 40.5 Å². The number of hydrogen-bond acceptors (Lipinski definition) is 1. The van der Waals surface area contributed by atoms with Gasteiger partial charge in [0.1, 0.15) is 0 Å². The van der Waals surface area contributed by atoms with E-state index in [9.17, 15) is 0 Å². The van der Waals surface area contributed by atoms with Crippen LogP contribution in [0.3, 0.4) is 0 Å². The minimum atomic E-state index is -0.989. The molecule has 1 fully saturated rings. The van der Waals surface area contributed by atoms with E-state index < -0.39 is 8.80 Å². The molecular formula is C19H27NSi. The minimum absolute atomic E-state index is 0.0563. The standard InChI is InChI=1S/C19H27NSi/c1-14-13-18(4,16(3)15(14)2)20-19(11-12-19)21(5)17-9-7-6-8-10-17/h6-10,13,20-21H,11-12H2,1-5H3. The van der Waals surface area contributed by atoms with Gasteiger partial charge in [-0.05, 0) is 51.7 Å². The maximum absolute atomic E-state index is 4.08. The minimum Gasteiger partial charge on any atom is -0.302 e. The van der Waals surface area contributed by atoms with Crippen molar-refractivity contribution in [2.75, 3.05) is 0 Å². The maximum atomic E-state index is 4.08. The largest absolute Gasteiger partial charge is 0.302 e. The molecule has 0 amide bonds. The van der Waals surface area contributed by atoms with Gasteiger partial charge in [-0.1, -0.05) is 53.7 Å². The highest BCUT2D eigenvalue weighted by Gasteiger charge is 2.52. The lowest BCUT2D eigenvalue weighted by Gasteiger charge is -2.35. The van der Waals surface area contributed by atoms with Gasteiger partial charge >= 0.3 is 0 Å². The topological polar surface area (TPSA) is 12.0 Å². The van der Waals surface area contributed by atoms with Gasteiger partial charge in [0, 0.05) is 5.16 Å². The number of benzene rings is 1. The third kappa shape index (κ3) is 2.45. The quantitative estimate of drug-likeness (QED) is 0.839. The predicted octanol–water partition coefficient (Wildman–Crippen LogP) is 3.47. The van der Waals surface area contributed by atoms with Crippen LogP contribution in [0.5, 0.6) is 0 Å². The molecule has 1 N–H and O–H groups in total. The van der Waals surface area contributed by atoms with Crippen molar-refractivity contribution in [3.05, 3.63) is 53.1 Å². The van der Waals surface area contributed by atoms with Crippen LogP contribution >= 0.6 is 0 Å². The fourth-order valence-electron chi connectivity index (χ4n) is 3.84. The third-order valence-corrected chi connectivity index (χ3v) is 9.63. The third-order valence-electron chi connectivity index (χ3n) is 5.86. The molecule has 21 heavy (non-hydrogen) atoms. The van der Waals surface area contributed by atoms with Gasteiger partial charge in [0.05, 0.1) is 14.3 Å². The second-order valence-corrected chi connectivity index (χ2v) is 10.4. The molecule has 1 saturated carbocycles. The van der Waals surface area contributed by atoms with Gasteiger partial charge in [-0.3, -0.25) is 0 Å². The smallest absolute Gasteiger partial charge is 0.0901 e. The first kappa shape index (κ1) is 14.8. The molecule has 2 aliphatic rings. The Morgan fingerprint density at radius 3 is 2.14 bits per heavy atom. The lowest BCUT2D eigenvalue weighted by molar-refractivity contribution is 0.467. The first-order valence-corrected chi connectivity index (χ1v) is 10.4. The van der Waals surface area contributed by atoms with Crippen molar-refractivity contribution in [1.29, 1.82) is 0 Å². The molecule has 0 saturated heterocycles. The molecule has 0 heterocycles. The van der Waals surface area contributed by atoms with E-state index >= 15 is 0 Å². The van der Waals surface area contributed by atoms with Crippen molar-refractivity contribution in [1.82, 2.24) is 5.32 Å². The van der Waals surface area contributed by atoms with E-state index in [4.69, 9.17) is 0 Å². The molecule has 0 radical (unpaired) electrons. The fraction of sp³-hybridized carbons (Fsp3) is 0.474. The molecule has 1 aromatic rings. The van der Waals surface area contributed by atoms with Crippen LogP contribution in [0.25, 0.3) is 0 Å². The Morgan fingerprint density at radius 2 is 1.67 bits per heavy atom. The molecule has 2 atom stereocenters. The van der Waals surface area contributed by atoms with Crippen LogP contribution in [0.2, 0.25) is 6.55 Å². The van der Waals surface area contributed by atoms with Gasteiger partial charge in [0.15, 0.2) is 0 Å². The number of allylic oxidation sites excluding steroid dienone is 2. The Hall–Kier alpha value is -1.12. The lowest BCUT2D eigenvalue weighted by atomic mass is 9.95. The summed E-state index contributed by atoms with van der Waals surface area (Å²) in [4.78, 5) is 0. The molecular weight excluding hydrogens is 270 g/mol. The van der Waals surface area contributed by atoms with Crippen LogP contribution in [0.15, 0.2) is 53.1 Å².